The molecule has 0 bridgehead atoms. The second-order valence-electron chi connectivity index (χ2n) is 4.56. The third-order valence-electron chi connectivity index (χ3n) is 2.98. The fourth-order valence-corrected chi connectivity index (χ4v) is 1.83. The van der Waals surface area contributed by atoms with Crippen LogP contribution in [0.25, 0.3) is 0 Å². The number of phenolic OH excluding ortho intramolecular Hbond substituents is 2. The van der Waals surface area contributed by atoms with Crippen molar-refractivity contribution in [3.63, 3.8) is 0 Å². The van der Waals surface area contributed by atoms with E-state index in [1.165, 1.54) is 24.4 Å². The number of benzene rings is 2. The van der Waals surface area contributed by atoms with Crippen molar-refractivity contribution < 1.29 is 20.1 Å². The summed E-state index contributed by atoms with van der Waals surface area (Å²) in [6.45, 7) is 0. The Labute approximate surface area is 121 Å². The maximum absolute atomic E-state index is 11.3. The average molecular weight is 285 g/mol. The highest BCUT2D eigenvalue weighted by Crippen LogP contribution is 2.15. The molecule has 1 atom stereocenters. The van der Waals surface area contributed by atoms with E-state index in [1.807, 2.05) is 0 Å². The van der Waals surface area contributed by atoms with E-state index in [4.69, 9.17) is 0 Å². The molecule has 108 valence electrons. The molecule has 0 heterocycles. The van der Waals surface area contributed by atoms with Crippen LogP contribution in [-0.4, -0.2) is 33.5 Å². The Morgan fingerprint density at radius 3 is 2.38 bits per heavy atom. The third-order valence-corrected chi connectivity index (χ3v) is 2.98. The van der Waals surface area contributed by atoms with Crippen LogP contribution >= 0.6 is 0 Å². The van der Waals surface area contributed by atoms with Gasteiger partial charge in [-0.3, -0.25) is 4.99 Å². The Bertz CT molecular complexity index is 650. The van der Waals surface area contributed by atoms with Gasteiger partial charge in [0.15, 0.2) is 6.04 Å². The highest BCUT2D eigenvalue weighted by atomic mass is 16.4. The van der Waals surface area contributed by atoms with Gasteiger partial charge in [0.1, 0.15) is 11.5 Å². The summed E-state index contributed by atoms with van der Waals surface area (Å²) < 4.78 is 0. The van der Waals surface area contributed by atoms with E-state index in [0.29, 0.717) is 5.56 Å². The lowest BCUT2D eigenvalue weighted by atomic mass is 10.1. The molecule has 2 rings (SSSR count). The van der Waals surface area contributed by atoms with E-state index in [2.05, 4.69) is 4.99 Å². The maximum Gasteiger partial charge on any atom is 0.328 e. The quantitative estimate of drug-likeness (QED) is 0.735. The number of rotatable bonds is 5. The van der Waals surface area contributed by atoms with Crippen LogP contribution in [0.1, 0.15) is 11.1 Å². The molecule has 0 aliphatic carbocycles. The first kappa shape index (κ1) is 14.6. The van der Waals surface area contributed by atoms with Crippen LogP contribution in [0.5, 0.6) is 11.5 Å². The molecule has 0 spiro atoms. The molecule has 0 amide bonds. The van der Waals surface area contributed by atoms with Crippen LogP contribution in [0, 0.1) is 0 Å². The first-order valence-corrected chi connectivity index (χ1v) is 6.38. The predicted octanol–water partition coefficient (Wildman–Crippen LogP) is 2.21. The summed E-state index contributed by atoms with van der Waals surface area (Å²) in [4.78, 5) is 15.3. The minimum atomic E-state index is -1.05. The molecule has 0 aliphatic heterocycles. The molecule has 0 unspecified atom stereocenters. The number of nitrogens with zero attached hydrogens (tertiary/aromatic N) is 1. The number of hydrogen-bond donors (Lipinski definition) is 3. The van der Waals surface area contributed by atoms with Crippen LogP contribution in [0.2, 0.25) is 0 Å². The van der Waals surface area contributed by atoms with Crippen LogP contribution in [0.15, 0.2) is 53.5 Å². The molecule has 0 aliphatic rings. The van der Waals surface area contributed by atoms with Crippen LogP contribution in [0.4, 0.5) is 0 Å². The Kier molecular flexibility index (Phi) is 4.56. The molecule has 5 heteroatoms. The fourth-order valence-electron chi connectivity index (χ4n) is 1.83. The summed E-state index contributed by atoms with van der Waals surface area (Å²) in [6.07, 6.45) is 1.56. The normalized spacial score (nSPS) is 12.4. The van der Waals surface area contributed by atoms with Crippen molar-refractivity contribution in [1.82, 2.24) is 0 Å². The summed E-state index contributed by atoms with van der Waals surface area (Å²) in [5, 5.41) is 28.0. The number of carboxylic acid groups (broad SMARTS) is 1. The molecule has 0 saturated carbocycles. The van der Waals surface area contributed by atoms with Crippen LogP contribution in [-0.2, 0) is 11.2 Å². The van der Waals surface area contributed by atoms with Gasteiger partial charge < -0.3 is 15.3 Å². The number of hydrogen-bond acceptors (Lipinski definition) is 4. The van der Waals surface area contributed by atoms with Gasteiger partial charge in [0.05, 0.1) is 0 Å². The zero-order chi connectivity index (χ0) is 15.2. The molecule has 0 aromatic heterocycles. The van der Waals surface area contributed by atoms with Gasteiger partial charge in [-0.05, 0) is 29.8 Å². The Balaban J connectivity index is 2.14. The monoisotopic (exact) mass is 285 g/mol. The fraction of sp³-hybridized carbons (Fsp3) is 0.125. The number of aromatic hydroxyl groups is 2. The topological polar surface area (TPSA) is 90.1 Å². The Hall–Kier alpha value is -2.82. The van der Waals surface area contributed by atoms with Crippen LogP contribution in [0.3, 0.4) is 0 Å². The van der Waals surface area contributed by atoms with Crippen molar-refractivity contribution in [2.75, 3.05) is 0 Å². The van der Waals surface area contributed by atoms with Gasteiger partial charge in [-0.2, -0.15) is 0 Å². The van der Waals surface area contributed by atoms with E-state index in [1.54, 1.807) is 30.3 Å². The number of carbonyl (C=O) groups is 1. The summed E-state index contributed by atoms with van der Waals surface area (Å²) in [5.41, 5.74) is 1.23. The largest absolute Gasteiger partial charge is 0.508 e. The van der Waals surface area contributed by atoms with E-state index in [0.717, 1.165) is 5.56 Å². The summed E-state index contributed by atoms with van der Waals surface area (Å²) in [5.74, 6) is -0.867. The van der Waals surface area contributed by atoms with Gasteiger partial charge in [-0.25, -0.2) is 4.79 Å². The minimum Gasteiger partial charge on any atom is -0.508 e. The molecule has 0 fully saturated rings. The summed E-state index contributed by atoms with van der Waals surface area (Å²) >= 11 is 0. The number of aliphatic imine (C=N–C) groups is 1. The number of phenols is 2. The molecule has 0 saturated heterocycles. The van der Waals surface area contributed by atoms with Gasteiger partial charge in [0.2, 0.25) is 0 Å². The van der Waals surface area contributed by atoms with Crippen molar-refractivity contribution in [3.8, 4) is 11.5 Å². The van der Waals surface area contributed by atoms with Crippen molar-refractivity contribution in [2.45, 2.75) is 12.5 Å². The minimum absolute atomic E-state index is 0.0509. The standard InChI is InChI=1S/C16H15NO4/c18-13-7-5-11(6-8-13)9-14(16(20)21)17-10-12-3-1-2-4-15(12)19/h1-8,10,14,18-19H,9H2,(H,20,21)/t14-/m1/s1. The highest BCUT2D eigenvalue weighted by molar-refractivity contribution is 5.86. The predicted molar refractivity (Wildman–Crippen MR) is 78.9 cm³/mol. The zero-order valence-electron chi connectivity index (χ0n) is 11.2. The van der Waals surface area contributed by atoms with E-state index < -0.39 is 12.0 Å². The molecule has 2 aromatic rings. The molecular formula is C16H15NO4. The second-order valence-corrected chi connectivity index (χ2v) is 4.56. The Morgan fingerprint density at radius 2 is 1.76 bits per heavy atom. The first-order valence-electron chi connectivity index (χ1n) is 6.38. The molecule has 21 heavy (non-hydrogen) atoms. The zero-order valence-corrected chi connectivity index (χ0v) is 11.2. The second kappa shape index (κ2) is 6.56. The van der Waals surface area contributed by atoms with Gasteiger partial charge in [-0.1, -0.05) is 24.3 Å². The van der Waals surface area contributed by atoms with Gasteiger partial charge >= 0.3 is 5.97 Å². The van der Waals surface area contributed by atoms with Gasteiger partial charge in [0.25, 0.3) is 0 Å². The summed E-state index contributed by atoms with van der Waals surface area (Å²) in [6, 6.07) is 11.9. The number of para-hydroxylation sites is 1. The van der Waals surface area contributed by atoms with Gasteiger partial charge in [-0.15, -0.1) is 0 Å². The SMILES string of the molecule is O=C(O)[C@@H](Cc1ccc(O)cc1)N=Cc1ccccc1O. The molecule has 5 nitrogen and oxygen atoms in total. The lowest BCUT2D eigenvalue weighted by Crippen LogP contribution is -2.20. The first-order chi connectivity index (χ1) is 10.1. The van der Waals surface area contributed by atoms with Gasteiger partial charge in [0, 0.05) is 18.2 Å². The smallest absolute Gasteiger partial charge is 0.328 e. The van der Waals surface area contributed by atoms with Crippen molar-refractivity contribution in [3.05, 3.63) is 59.7 Å². The van der Waals surface area contributed by atoms with Crippen molar-refractivity contribution in [2.24, 2.45) is 4.99 Å². The van der Waals surface area contributed by atoms with E-state index in [-0.39, 0.29) is 17.9 Å². The van der Waals surface area contributed by atoms with Crippen molar-refractivity contribution >= 4 is 12.2 Å². The lowest BCUT2D eigenvalue weighted by Gasteiger charge is -2.08. The van der Waals surface area contributed by atoms with Crippen LogP contribution < -0.4 is 0 Å². The Morgan fingerprint density at radius 1 is 1.10 bits per heavy atom. The third kappa shape index (κ3) is 4.07. The molecule has 0 radical (unpaired) electrons. The average Bonchev–Trinajstić information content (AvgIpc) is 2.46. The van der Waals surface area contributed by atoms with E-state index >= 15 is 0 Å². The van der Waals surface area contributed by atoms with E-state index in [9.17, 15) is 20.1 Å². The maximum atomic E-state index is 11.3. The summed E-state index contributed by atoms with van der Waals surface area (Å²) in [7, 11) is 0. The molecule has 2 aromatic carbocycles. The lowest BCUT2D eigenvalue weighted by molar-refractivity contribution is -0.138. The number of aliphatic carboxylic acids is 1. The highest BCUT2D eigenvalue weighted by Gasteiger charge is 2.16. The molecular weight excluding hydrogens is 270 g/mol. The number of carboxylic acids is 1. The molecule has 3 N–H and O–H groups in total. The van der Waals surface area contributed by atoms with Crippen molar-refractivity contribution in [1.29, 1.82) is 0 Å².